The standard InChI is InChI=1S/C28H28N2O5/c1-19(21-8-4-2-5-9-21)29-25(31)16-17-26(32)30-24(28(34)35)18-20-12-14-23(15-13-20)27(33)22-10-6-3-7-11-22/h2-15,19,24H,16-18H2,1H3,(H,29,31)(H,30,32)(H,34,35)/t19-,24+/m1/s1. The fraction of sp³-hybridized carbons (Fsp3) is 0.214. The van der Waals surface area contributed by atoms with Crippen LogP contribution in [0.2, 0.25) is 0 Å². The molecule has 0 saturated heterocycles. The molecular formula is C28H28N2O5. The number of nitrogens with one attached hydrogen (secondary N) is 2. The highest BCUT2D eigenvalue weighted by atomic mass is 16.4. The lowest BCUT2D eigenvalue weighted by molar-refractivity contribution is -0.141. The highest BCUT2D eigenvalue weighted by Crippen LogP contribution is 2.13. The summed E-state index contributed by atoms with van der Waals surface area (Å²) in [5, 5.41) is 14.9. The maximum atomic E-state index is 12.5. The second-order valence-corrected chi connectivity index (χ2v) is 8.25. The lowest BCUT2D eigenvalue weighted by Gasteiger charge is -2.16. The highest BCUT2D eigenvalue weighted by molar-refractivity contribution is 6.08. The van der Waals surface area contributed by atoms with Crippen LogP contribution in [0.3, 0.4) is 0 Å². The van der Waals surface area contributed by atoms with Crippen LogP contribution in [0, 0.1) is 0 Å². The first-order chi connectivity index (χ1) is 16.8. The molecule has 0 unspecified atom stereocenters. The van der Waals surface area contributed by atoms with Crippen molar-refractivity contribution in [1.29, 1.82) is 0 Å². The minimum Gasteiger partial charge on any atom is -0.480 e. The highest BCUT2D eigenvalue weighted by Gasteiger charge is 2.21. The molecule has 35 heavy (non-hydrogen) atoms. The van der Waals surface area contributed by atoms with Crippen LogP contribution in [0.25, 0.3) is 0 Å². The Morgan fingerprint density at radius 3 is 1.80 bits per heavy atom. The molecule has 0 aliphatic carbocycles. The first kappa shape index (κ1) is 25.4. The number of carboxylic acids is 1. The van der Waals surface area contributed by atoms with E-state index in [-0.39, 0.29) is 37.0 Å². The van der Waals surface area contributed by atoms with Crippen LogP contribution in [0.4, 0.5) is 0 Å². The summed E-state index contributed by atoms with van der Waals surface area (Å²) in [5.41, 5.74) is 2.68. The van der Waals surface area contributed by atoms with E-state index >= 15 is 0 Å². The molecule has 0 aliphatic rings. The van der Waals surface area contributed by atoms with Gasteiger partial charge >= 0.3 is 5.97 Å². The van der Waals surface area contributed by atoms with Crippen LogP contribution in [0.15, 0.2) is 84.9 Å². The Morgan fingerprint density at radius 2 is 1.23 bits per heavy atom. The molecule has 2 atom stereocenters. The van der Waals surface area contributed by atoms with Crippen molar-refractivity contribution in [3.05, 3.63) is 107 Å². The number of rotatable bonds is 11. The summed E-state index contributed by atoms with van der Waals surface area (Å²) in [4.78, 5) is 48.7. The van der Waals surface area contributed by atoms with Gasteiger partial charge < -0.3 is 15.7 Å². The summed E-state index contributed by atoms with van der Waals surface area (Å²) < 4.78 is 0. The monoisotopic (exact) mass is 472 g/mol. The molecule has 180 valence electrons. The number of carbonyl (C=O) groups is 4. The first-order valence-electron chi connectivity index (χ1n) is 11.4. The molecule has 0 spiro atoms. The predicted octanol–water partition coefficient (Wildman–Crippen LogP) is 3.69. The average Bonchev–Trinajstić information content (AvgIpc) is 2.88. The lowest BCUT2D eigenvalue weighted by Crippen LogP contribution is -2.42. The number of aliphatic carboxylic acids is 1. The van der Waals surface area contributed by atoms with Crippen LogP contribution in [0.1, 0.15) is 52.9 Å². The Bertz CT molecular complexity index is 1160. The van der Waals surface area contributed by atoms with Crippen LogP contribution in [-0.4, -0.2) is 34.7 Å². The normalized spacial score (nSPS) is 12.3. The van der Waals surface area contributed by atoms with Gasteiger partial charge in [-0.25, -0.2) is 4.79 Å². The van der Waals surface area contributed by atoms with Gasteiger partial charge in [-0.1, -0.05) is 84.9 Å². The second kappa shape index (κ2) is 12.3. The molecule has 2 amide bonds. The third-order valence-electron chi connectivity index (χ3n) is 5.58. The Morgan fingerprint density at radius 1 is 0.714 bits per heavy atom. The minimum atomic E-state index is -1.18. The van der Waals surface area contributed by atoms with Crippen LogP contribution in [0.5, 0.6) is 0 Å². The molecule has 0 saturated carbocycles. The van der Waals surface area contributed by atoms with Crippen molar-refractivity contribution < 1.29 is 24.3 Å². The van der Waals surface area contributed by atoms with Crippen LogP contribution < -0.4 is 10.6 Å². The van der Waals surface area contributed by atoms with Crippen molar-refractivity contribution in [2.45, 2.75) is 38.3 Å². The summed E-state index contributed by atoms with van der Waals surface area (Å²) >= 11 is 0. The SMILES string of the molecule is C[C@@H](NC(=O)CCC(=O)N[C@@H](Cc1ccc(C(=O)c2ccccc2)cc1)C(=O)O)c1ccccc1. The van der Waals surface area contributed by atoms with Gasteiger partial charge in [0.1, 0.15) is 6.04 Å². The zero-order valence-corrected chi connectivity index (χ0v) is 19.4. The molecule has 0 aromatic heterocycles. The van der Waals surface area contributed by atoms with Crippen molar-refractivity contribution in [3.63, 3.8) is 0 Å². The molecule has 0 bridgehead atoms. The minimum absolute atomic E-state index is 0.0500. The Balaban J connectivity index is 1.50. The summed E-state index contributed by atoms with van der Waals surface area (Å²) in [7, 11) is 0. The van der Waals surface area contributed by atoms with E-state index in [1.165, 1.54) is 0 Å². The number of ketones is 1. The van der Waals surface area contributed by atoms with Gasteiger partial charge in [0.2, 0.25) is 11.8 Å². The molecule has 3 rings (SSSR count). The summed E-state index contributed by atoms with van der Waals surface area (Å²) in [6.07, 6.45) is -0.120. The molecule has 0 aliphatic heterocycles. The van der Waals surface area contributed by atoms with Crippen LogP contribution >= 0.6 is 0 Å². The predicted molar refractivity (Wildman–Crippen MR) is 132 cm³/mol. The fourth-order valence-corrected chi connectivity index (χ4v) is 3.62. The van der Waals surface area contributed by atoms with Crippen molar-refractivity contribution in [1.82, 2.24) is 10.6 Å². The van der Waals surface area contributed by atoms with E-state index in [0.29, 0.717) is 16.7 Å². The Labute approximate surface area is 204 Å². The van der Waals surface area contributed by atoms with Gasteiger partial charge in [-0.2, -0.15) is 0 Å². The fourth-order valence-electron chi connectivity index (χ4n) is 3.62. The molecule has 7 heteroatoms. The van der Waals surface area contributed by atoms with Gasteiger partial charge in [0, 0.05) is 30.4 Å². The maximum Gasteiger partial charge on any atom is 0.326 e. The Kier molecular flexibility index (Phi) is 8.89. The number of carbonyl (C=O) groups excluding carboxylic acids is 3. The average molecular weight is 473 g/mol. The molecule has 3 N–H and O–H groups in total. The van der Waals surface area contributed by atoms with Gasteiger partial charge in [-0.05, 0) is 18.1 Å². The van der Waals surface area contributed by atoms with Crippen molar-refractivity contribution in [2.75, 3.05) is 0 Å². The molecule has 0 radical (unpaired) electrons. The maximum absolute atomic E-state index is 12.5. The number of benzene rings is 3. The zero-order valence-electron chi connectivity index (χ0n) is 19.4. The molecular weight excluding hydrogens is 444 g/mol. The van der Waals surface area contributed by atoms with E-state index in [4.69, 9.17) is 0 Å². The Hall–Kier alpha value is -4.26. The van der Waals surface area contributed by atoms with E-state index < -0.39 is 17.9 Å². The number of carboxylic acid groups (broad SMARTS) is 1. The van der Waals surface area contributed by atoms with Crippen molar-refractivity contribution >= 4 is 23.6 Å². The quantitative estimate of drug-likeness (QED) is 0.369. The van der Waals surface area contributed by atoms with Crippen molar-refractivity contribution in [3.8, 4) is 0 Å². The summed E-state index contributed by atoms with van der Waals surface area (Å²) in [6, 6.07) is 23.6. The van der Waals surface area contributed by atoms with Gasteiger partial charge in [0.25, 0.3) is 0 Å². The second-order valence-electron chi connectivity index (χ2n) is 8.25. The summed E-state index contributed by atoms with van der Waals surface area (Å²) in [6.45, 7) is 1.85. The molecule has 0 fully saturated rings. The number of amides is 2. The van der Waals surface area contributed by atoms with Gasteiger partial charge in [-0.3, -0.25) is 14.4 Å². The van der Waals surface area contributed by atoms with Gasteiger partial charge in [0.15, 0.2) is 5.78 Å². The van der Waals surface area contributed by atoms with E-state index in [9.17, 15) is 24.3 Å². The first-order valence-corrected chi connectivity index (χ1v) is 11.4. The molecule has 7 nitrogen and oxygen atoms in total. The lowest BCUT2D eigenvalue weighted by atomic mass is 9.99. The van der Waals surface area contributed by atoms with Gasteiger partial charge in [0.05, 0.1) is 6.04 Å². The van der Waals surface area contributed by atoms with E-state index in [0.717, 1.165) is 5.56 Å². The largest absolute Gasteiger partial charge is 0.480 e. The third-order valence-corrected chi connectivity index (χ3v) is 5.58. The molecule has 3 aromatic carbocycles. The van der Waals surface area contributed by atoms with E-state index in [1.54, 1.807) is 48.5 Å². The summed E-state index contributed by atoms with van der Waals surface area (Å²) in [5.74, 6) is -2.11. The number of hydrogen-bond acceptors (Lipinski definition) is 4. The van der Waals surface area contributed by atoms with E-state index in [1.807, 2.05) is 43.3 Å². The third kappa shape index (κ3) is 7.64. The zero-order chi connectivity index (χ0) is 25.2. The smallest absolute Gasteiger partial charge is 0.326 e. The topological polar surface area (TPSA) is 113 Å². The number of hydrogen-bond donors (Lipinski definition) is 3. The van der Waals surface area contributed by atoms with Crippen molar-refractivity contribution in [2.24, 2.45) is 0 Å². The van der Waals surface area contributed by atoms with Crippen LogP contribution in [-0.2, 0) is 20.8 Å². The van der Waals surface area contributed by atoms with E-state index in [2.05, 4.69) is 10.6 Å². The molecule has 3 aromatic rings. The van der Waals surface area contributed by atoms with Gasteiger partial charge in [-0.15, -0.1) is 0 Å². The molecule has 0 heterocycles.